The highest BCUT2D eigenvalue weighted by Crippen LogP contribution is 2.41. The van der Waals surface area contributed by atoms with Gasteiger partial charge in [0.15, 0.2) is 0 Å². The second-order valence-corrected chi connectivity index (χ2v) is 12.3. The van der Waals surface area contributed by atoms with Gasteiger partial charge in [-0.2, -0.15) is 15.8 Å². The topological polar surface area (TPSA) is 81.2 Å². The van der Waals surface area contributed by atoms with E-state index in [2.05, 4.69) is 88.0 Å². The molecule has 0 saturated carbocycles. The number of benzene rings is 7. The summed E-state index contributed by atoms with van der Waals surface area (Å²) in [5.74, 6) is 0. The van der Waals surface area contributed by atoms with Crippen LogP contribution in [-0.2, 0) is 0 Å². The van der Waals surface area contributed by atoms with Crippen LogP contribution in [0.2, 0.25) is 0 Å². The Morgan fingerprint density at radius 3 is 1.52 bits per heavy atom. The molecular weight excluding hydrogens is 611 g/mol. The van der Waals surface area contributed by atoms with Crippen LogP contribution in [0.15, 0.2) is 152 Å². The van der Waals surface area contributed by atoms with Crippen LogP contribution in [0.1, 0.15) is 16.7 Å². The summed E-state index contributed by atoms with van der Waals surface area (Å²) in [5, 5.41) is 34.5. The normalized spacial score (nSPS) is 11.1. The first-order chi connectivity index (χ1) is 24.7. The molecule has 7 aromatic carbocycles. The van der Waals surface area contributed by atoms with Gasteiger partial charge in [-0.15, -0.1) is 0 Å². The van der Waals surface area contributed by atoms with Gasteiger partial charge in [0.25, 0.3) is 0 Å². The van der Waals surface area contributed by atoms with E-state index >= 15 is 0 Å². The lowest BCUT2D eigenvalue weighted by Crippen LogP contribution is -2.00. The van der Waals surface area contributed by atoms with Gasteiger partial charge in [0.2, 0.25) is 0 Å². The monoisotopic (exact) mass is 635 g/mol. The van der Waals surface area contributed by atoms with Gasteiger partial charge >= 0.3 is 0 Å². The van der Waals surface area contributed by atoms with Gasteiger partial charge in [0.05, 0.1) is 62.3 Å². The van der Waals surface area contributed by atoms with E-state index in [9.17, 15) is 15.8 Å². The van der Waals surface area contributed by atoms with E-state index in [1.807, 2.05) is 91.0 Å². The molecule has 0 radical (unpaired) electrons. The number of nitrogens with zero attached hydrogens (tertiary/aromatic N) is 5. The van der Waals surface area contributed by atoms with Gasteiger partial charge < -0.3 is 9.13 Å². The zero-order valence-corrected chi connectivity index (χ0v) is 26.7. The van der Waals surface area contributed by atoms with Crippen molar-refractivity contribution in [2.75, 3.05) is 0 Å². The van der Waals surface area contributed by atoms with Crippen LogP contribution in [-0.4, -0.2) is 9.13 Å². The third-order valence-corrected chi connectivity index (χ3v) is 9.64. The average Bonchev–Trinajstić information content (AvgIpc) is 3.70. The maximum Gasteiger partial charge on any atom is 0.101 e. The molecule has 9 aromatic rings. The number of hydrogen-bond acceptors (Lipinski definition) is 3. The highest BCUT2D eigenvalue weighted by molar-refractivity contribution is 6.11. The van der Waals surface area contributed by atoms with E-state index in [1.165, 1.54) is 0 Å². The van der Waals surface area contributed by atoms with Crippen LogP contribution in [0.5, 0.6) is 0 Å². The van der Waals surface area contributed by atoms with Gasteiger partial charge in [-0.25, -0.2) is 0 Å². The SMILES string of the molecule is N#Cc1ccc(-c2ccccc2-c2ccc(-n3c4ccccc4c4cc(C#N)ccc43)c(C#N)c2)c(-n2c3ccccc3c3ccccc32)c1. The molecule has 5 heteroatoms. The fourth-order valence-electron chi connectivity index (χ4n) is 7.46. The van der Waals surface area contributed by atoms with E-state index in [0.717, 1.165) is 77.2 Å². The quantitative estimate of drug-likeness (QED) is 0.193. The molecule has 230 valence electrons. The predicted octanol–water partition coefficient (Wildman–Crippen LogP) is 10.8. The summed E-state index contributed by atoms with van der Waals surface area (Å²) in [6, 6.07) is 57.7. The predicted molar refractivity (Wildman–Crippen MR) is 200 cm³/mol. The van der Waals surface area contributed by atoms with E-state index in [1.54, 1.807) is 0 Å². The van der Waals surface area contributed by atoms with Crippen molar-refractivity contribution in [2.24, 2.45) is 0 Å². The zero-order chi connectivity index (χ0) is 33.8. The first-order valence-electron chi connectivity index (χ1n) is 16.3. The largest absolute Gasteiger partial charge is 0.309 e. The second kappa shape index (κ2) is 11.4. The number of aromatic nitrogens is 2. The molecule has 0 fully saturated rings. The van der Waals surface area contributed by atoms with Gasteiger partial charge in [0.1, 0.15) is 6.07 Å². The minimum atomic E-state index is 0.534. The van der Waals surface area contributed by atoms with Gasteiger partial charge in [-0.05, 0) is 77.4 Å². The van der Waals surface area contributed by atoms with E-state index in [4.69, 9.17) is 0 Å². The van der Waals surface area contributed by atoms with E-state index in [-0.39, 0.29) is 0 Å². The Morgan fingerprint density at radius 2 is 0.880 bits per heavy atom. The molecule has 0 unspecified atom stereocenters. The summed E-state index contributed by atoms with van der Waals surface area (Å²) in [7, 11) is 0. The molecule has 0 amide bonds. The Hall–Kier alpha value is -7.39. The molecule has 2 heterocycles. The van der Waals surface area contributed by atoms with Crippen molar-refractivity contribution in [2.45, 2.75) is 0 Å². The van der Waals surface area contributed by atoms with E-state index in [0.29, 0.717) is 16.7 Å². The molecule has 0 saturated heterocycles. The highest BCUT2D eigenvalue weighted by atomic mass is 15.0. The van der Waals surface area contributed by atoms with Crippen LogP contribution in [0.4, 0.5) is 0 Å². The lowest BCUT2D eigenvalue weighted by Gasteiger charge is -2.18. The average molecular weight is 636 g/mol. The third-order valence-electron chi connectivity index (χ3n) is 9.64. The molecule has 0 atom stereocenters. The number of para-hydroxylation sites is 3. The number of fused-ring (bicyclic) bond motifs is 6. The first-order valence-corrected chi connectivity index (χ1v) is 16.3. The zero-order valence-electron chi connectivity index (χ0n) is 26.7. The van der Waals surface area contributed by atoms with Crippen molar-refractivity contribution in [1.29, 1.82) is 15.8 Å². The van der Waals surface area contributed by atoms with Crippen LogP contribution >= 0.6 is 0 Å². The van der Waals surface area contributed by atoms with Crippen LogP contribution in [0.3, 0.4) is 0 Å². The number of nitriles is 3. The fraction of sp³-hybridized carbons (Fsp3) is 0. The van der Waals surface area contributed by atoms with Crippen molar-refractivity contribution < 1.29 is 0 Å². The molecule has 0 N–H and O–H groups in total. The minimum Gasteiger partial charge on any atom is -0.309 e. The molecule has 2 aromatic heterocycles. The lowest BCUT2D eigenvalue weighted by atomic mass is 9.92. The van der Waals surface area contributed by atoms with Crippen molar-refractivity contribution in [3.8, 4) is 51.8 Å². The molecule has 0 spiro atoms. The molecule has 50 heavy (non-hydrogen) atoms. The third kappa shape index (κ3) is 4.31. The highest BCUT2D eigenvalue weighted by Gasteiger charge is 2.20. The van der Waals surface area contributed by atoms with Gasteiger partial charge in [0, 0.05) is 27.1 Å². The first kappa shape index (κ1) is 28.8. The van der Waals surface area contributed by atoms with Crippen LogP contribution < -0.4 is 0 Å². The smallest absolute Gasteiger partial charge is 0.101 e. The molecular formula is C45H25N5. The van der Waals surface area contributed by atoms with Crippen LogP contribution in [0.25, 0.3) is 77.2 Å². The Labute approximate surface area is 287 Å². The minimum absolute atomic E-state index is 0.534. The Balaban J connectivity index is 1.26. The summed E-state index contributed by atoms with van der Waals surface area (Å²) in [6.07, 6.45) is 0. The maximum absolute atomic E-state index is 10.6. The maximum atomic E-state index is 10.6. The Bertz CT molecular complexity index is 2920. The van der Waals surface area contributed by atoms with Crippen molar-refractivity contribution in [3.63, 3.8) is 0 Å². The summed E-state index contributed by atoms with van der Waals surface area (Å²) in [4.78, 5) is 0. The molecule has 0 aliphatic carbocycles. The summed E-state index contributed by atoms with van der Waals surface area (Å²) in [6.45, 7) is 0. The molecule has 5 nitrogen and oxygen atoms in total. The Kier molecular flexibility index (Phi) is 6.56. The van der Waals surface area contributed by atoms with Crippen molar-refractivity contribution >= 4 is 43.6 Å². The lowest BCUT2D eigenvalue weighted by molar-refractivity contribution is 1.17. The second-order valence-electron chi connectivity index (χ2n) is 12.3. The molecule has 0 aliphatic rings. The van der Waals surface area contributed by atoms with Crippen LogP contribution in [0, 0.1) is 34.0 Å². The van der Waals surface area contributed by atoms with E-state index < -0.39 is 0 Å². The summed E-state index contributed by atoms with van der Waals surface area (Å²) in [5.41, 5.74) is 11.3. The number of hydrogen-bond donors (Lipinski definition) is 0. The molecule has 9 rings (SSSR count). The Morgan fingerprint density at radius 1 is 0.360 bits per heavy atom. The number of rotatable bonds is 4. The van der Waals surface area contributed by atoms with Gasteiger partial charge in [-0.1, -0.05) is 91.0 Å². The molecule has 0 aliphatic heterocycles. The van der Waals surface area contributed by atoms with Crippen molar-refractivity contribution in [1.82, 2.24) is 9.13 Å². The fourth-order valence-corrected chi connectivity index (χ4v) is 7.46. The summed E-state index contributed by atoms with van der Waals surface area (Å²) >= 11 is 0. The summed E-state index contributed by atoms with van der Waals surface area (Å²) < 4.78 is 4.36. The molecule has 0 bridgehead atoms. The van der Waals surface area contributed by atoms with Crippen molar-refractivity contribution in [3.05, 3.63) is 168 Å². The standard InChI is InChI=1S/C45H25N5/c46-26-29-18-21-44-39(23-29)37-13-5-8-16-43(37)49(44)40-22-19-31(25-32(40)28-48)33-9-1-2-10-34(33)38-20-17-30(27-47)24-45(38)50-41-14-6-3-11-35(41)36-12-4-7-15-42(36)50/h1-25H. The van der Waals surface area contributed by atoms with Gasteiger partial charge in [-0.3, -0.25) is 0 Å².